The molecule has 2 rings (SSSR count). The van der Waals surface area contributed by atoms with Gasteiger partial charge in [-0.3, -0.25) is 9.59 Å². The maximum atomic E-state index is 12.3. The summed E-state index contributed by atoms with van der Waals surface area (Å²) in [5.74, 6) is -1.16. The number of ether oxygens (including phenoxy) is 2. The lowest BCUT2D eigenvalue weighted by Gasteiger charge is -2.22. The largest absolute Gasteiger partial charge is 0.497 e. The van der Waals surface area contributed by atoms with Crippen LogP contribution in [-0.2, 0) is 9.53 Å². The predicted molar refractivity (Wildman–Crippen MR) is 96.9 cm³/mol. The minimum Gasteiger partial charge on any atom is -0.497 e. The average molecular weight is 357 g/mol. The van der Waals surface area contributed by atoms with Gasteiger partial charge >= 0.3 is 5.97 Å². The van der Waals surface area contributed by atoms with E-state index in [0.29, 0.717) is 16.9 Å². The molecule has 0 aliphatic rings. The molecule has 0 fully saturated rings. The van der Waals surface area contributed by atoms with Gasteiger partial charge in [-0.25, -0.2) is 0 Å². The molecule has 0 bridgehead atoms. The molecule has 0 spiro atoms. The second-order valence-electron chi connectivity index (χ2n) is 5.65. The van der Waals surface area contributed by atoms with Crippen LogP contribution in [0, 0.1) is 5.92 Å². The van der Waals surface area contributed by atoms with Crippen LogP contribution in [-0.4, -0.2) is 37.2 Å². The van der Waals surface area contributed by atoms with Crippen molar-refractivity contribution in [2.24, 2.45) is 5.92 Å². The second kappa shape index (κ2) is 9.58. The number of rotatable bonds is 8. The molecule has 2 aromatic rings. The Kier molecular flexibility index (Phi) is 7.17. The second-order valence-corrected chi connectivity index (χ2v) is 5.65. The summed E-state index contributed by atoms with van der Waals surface area (Å²) in [5.41, 5.74) is 1.02. The summed E-state index contributed by atoms with van der Waals surface area (Å²) < 4.78 is 10.1. The minimum atomic E-state index is -1.11. The number of carbonyl (C=O) groups excluding carboxylic acids is 2. The maximum Gasteiger partial charge on any atom is 0.313 e. The molecule has 0 aliphatic heterocycles. The number of benzene rings is 2. The van der Waals surface area contributed by atoms with Crippen molar-refractivity contribution in [3.8, 4) is 5.75 Å². The van der Waals surface area contributed by atoms with Gasteiger partial charge in [-0.2, -0.15) is 0 Å². The third-order valence-electron chi connectivity index (χ3n) is 3.95. The first kappa shape index (κ1) is 19.5. The van der Waals surface area contributed by atoms with Crippen LogP contribution in [0.15, 0.2) is 54.6 Å². The SMILES string of the molecule is CCOC(=O)[C@H](CNC(=O)c1ccccc1)[C@H](O)c1ccc(OC)cc1. The van der Waals surface area contributed by atoms with E-state index >= 15 is 0 Å². The van der Waals surface area contributed by atoms with Gasteiger partial charge in [0, 0.05) is 12.1 Å². The molecule has 0 aromatic heterocycles. The number of methoxy groups -OCH3 is 1. The molecule has 2 aromatic carbocycles. The zero-order chi connectivity index (χ0) is 18.9. The molecular weight excluding hydrogens is 334 g/mol. The first-order chi connectivity index (χ1) is 12.6. The van der Waals surface area contributed by atoms with Gasteiger partial charge in [-0.05, 0) is 36.8 Å². The van der Waals surface area contributed by atoms with E-state index in [-0.39, 0.29) is 19.1 Å². The quantitative estimate of drug-likeness (QED) is 0.709. The fourth-order valence-electron chi connectivity index (χ4n) is 2.50. The summed E-state index contributed by atoms with van der Waals surface area (Å²) in [6, 6.07) is 15.4. The number of carbonyl (C=O) groups is 2. The van der Waals surface area contributed by atoms with Gasteiger partial charge in [0.25, 0.3) is 5.91 Å². The Hall–Kier alpha value is -2.86. The van der Waals surface area contributed by atoms with Crippen LogP contribution in [0.2, 0.25) is 0 Å². The Labute approximate surface area is 152 Å². The monoisotopic (exact) mass is 357 g/mol. The summed E-state index contributed by atoms with van der Waals surface area (Å²) in [7, 11) is 1.55. The molecule has 6 heteroatoms. The molecule has 6 nitrogen and oxygen atoms in total. The van der Waals surface area contributed by atoms with Gasteiger partial charge < -0.3 is 19.9 Å². The van der Waals surface area contributed by atoms with Crippen LogP contribution in [0.3, 0.4) is 0 Å². The zero-order valence-electron chi connectivity index (χ0n) is 14.8. The fraction of sp³-hybridized carbons (Fsp3) is 0.300. The van der Waals surface area contributed by atoms with E-state index in [2.05, 4.69) is 5.32 Å². The van der Waals surface area contributed by atoms with E-state index in [1.807, 2.05) is 6.07 Å². The predicted octanol–water partition coefficient (Wildman–Crippen LogP) is 2.34. The third kappa shape index (κ3) is 5.07. The average Bonchev–Trinajstić information content (AvgIpc) is 2.68. The first-order valence-corrected chi connectivity index (χ1v) is 8.38. The third-order valence-corrected chi connectivity index (χ3v) is 3.95. The van der Waals surface area contributed by atoms with E-state index < -0.39 is 18.0 Å². The van der Waals surface area contributed by atoms with E-state index in [1.54, 1.807) is 62.6 Å². The molecule has 2 N–H and O–H groups in total. The lowest BCUT2D eigenvalue weighted by molar-refractivity contribution is -0.151. The van der Waals surface area contributed by atoms with Crippen LogP contribution in [0.25, 0.3) is 0 Å². The first-order valence-electron chi connectivity index (χ1n) is 8.38. The lowest BCUT2D eigenvalue weighted by atomic mass is 9.95. The van der Waals surface area contributed by atoms with Gasteiger partial charge in [-0.15, -0.1) is 0 Å². The van der Waals surface area contributed by atoms with Crippen molar-refractivity contribution in [2.45, 2.75) is 13.0 Å². The molecule has 0 aliphatic carbocycles. The van der Waals surface area contributed by atoms with Crippen LogP contribution in [0.4, 0.5) is 0 Å². The van der Waals surface area contributed by atoms with Crippen molar-refractivity contribution >= 4 is 11.9 Å². The highest BCUT2D eigenvalue weighted by Crippen LogP contribution is 2.25. The molecular formula is C20H23NO5. The summed E-state index contributed by atoms with van der Waals surface area (Å²) in [6.45, 7) is 1.84. The number of amides is 1. The molecule has 0 saturated carbocycles. The number of hydrogen-bond donors (Lipinski definition) is 2. The summed E-state index contributed by atoms with van der Waals surface area (Å²) in [6.07, 6.45) is -1.11. The van der Waals surface area contributed by atoms with Gasteiger partial charge in [0.05, 0.1) is 19.8 Å². The van der Waals surface area contributed by atoms with Gasteiger partial charge in [-0.1, -0.05) is 30.3 Å². The molecule has 0 saturated heterocycles. The molecule has 0 unspecified atom stereocenters. The van der Waals surface area contributed by atoms with Crippen molar-refractivity contribution in [1.82, 2.24) is 5.32 Å². The Morgan fingerprint density at radius 2 is 1.73 bits per heavy atom. The van der Waals surface area contributed by atoms with Crippen molar-refractivity contribution in [2.75, 3.05) is 20.3 Å². The molecule has 2 atom stereocenters. The summed E-state index contributed by atoms with van der Waals surface area (Å²) in [4.78, 5) is 24.5. The van der Waals surface area contributed by atoms with Gasteiger partial charge in [0.15, 0.2) is 0 Å². The minimum absolute atomic E-state index is 0.0419. The molecule has 138 valence electrons. The Balaban J connectivity index is 2.11. The zero-order valence-corrected chi connectivity index (χ0v) is 14.8. The Morgan fingerprint density at radius 3 is 2.31 bits per heavy atom. The van der Waals surface area contributed by atoms with Crippen LogP contribution in [0.1, 0.15) is 28.9 Å². The number of esters is 1. The normalized spacial score (nSPS) is 12.7. The van der Waals surface area contributed by atoms with Crippen molar-refractivity contribution in [3.63, 3.8) is 0 Å². The highest BCUT2D eigenvalue weighted by molar-refractivity contribution is 5.94. The van der Waals surface area contributed by atoms with Gasteiger partial charge in [0.1, 0.15) is 11.7 Å². The van der Waals surface area contributed by atoms with E-state index in [0.717, 1.165) is 0 Å². The van der Waals surface area contributed by atoms with Crippen LogP contribution in [0.5, 0.6) is 5.75 Å². The van der Waals surface area contributed by atoms with Crippen LogP contribution < -0.4 is 10.1 Å². The standard InChI is InChI=1S/C20H23NO5/c1-3-26-20(24)17(13-21-19(23)15-7-5-4-6-8-15)18(22)14-9-11-16(25-2)12-10-14/h4-12,17-18,22H,3,13H2,1-2H3,(H,21,23)/t17-,18-/m1/s1. The topological polar surface area (TPSA) is 84.9 Å². The molecule has 1 amide bonds. The van der Waals surface area contributed by atoms with Crippen LogP contribution >= 0.6 is 0 Å². The van der Waals surface area contributed by atoms with E-state index in [4.69, 9.17) is 9.47 Å². The summed E-state index contributed by atoms with van der Waals surface area (Å²) >= 11 is 0. The highest BCUT2D eigenvalue weighted by atomic mass is 16.5. The van der Waals surface area contributed by atoms with E-state index in [1.165, 1.54) is 0 Å². The van der Waals surface area contributed by atoms with Crippen molar-refractivity contribution < 1.29 is 24.2 Å². The number of aliphatic hydroxyl groups excluding tert-OH is 1. The molecule has 0 radical (unpaired) electrons. The highest BCUT2D eigenvalue weighted by Gasteiger charge is 2.30. The number of aliphatic hydroxyl groups is 1. The maximum absolute atomic E-state index is 12.3. The lowest BCUT2D eigenvalue weighted by Crippen LogP contribution is -2.37. The smallest absolute Gasteiger partial charge is 0.313 e. The van der Waals surface area contributed by atoms with Crippen molar-refractivity contribution in [1.29, 1.82) is 0 Å². The fourth-order valence-corrected chi connectivity index (χ4v) is 2.50. The molecule has 26 heavy (non-hydrogen) atoms. The summed E-state index contributed by atoms with van der Waals surface area (Å²) in [5, 5.41) is 13.3. The molecule has 0 heterocycles. The Morgan fingerprint density at radius 1 is 1.08 bits per heavy atom. The Bertz CT molecular complexity index is 715. The van der Waals surface area contributed by atoms with E-state index in [9.17, 15) is 14.7 Å². The van der Waals surface area contributed by atoms with Gasteiger partial charge in [0.2, 0.25) is 0 Å². The number of hydrogen-bond acceptors (Lipinski definition) is 5. The number of nitrogens with one attached hydrogen (secondary N) is 1. The van der Waals surface area contributed by atoms with Crippen molar-refractivity contribution in [3.05, 3.63) is 65.7 Å².